The first-order valence-corrected chi connectivity index (χ1v) is 11.8. The lowest BCUT2D eigenvalue weighted by Crippen LogP contribution is -2.31. The van der Waals surface area contributed by atoms with Crippen LogP contribution < -0.4 is 10.3 Å². The number of carbonyl (C=O) groups excluding carboxylic acids is 2. The Kier molecular flexibility index (Phi) is 5.00. The summed E-state index contributed by atoms with van der Waals surface area (Å²) in [7, 11) is 0. The molecule has 0 unspecified atom stereocenters. The number of benzene rings is 3. The van der Waals surface area contributed by atoms with Crippen molar-refractivity contribution in [3.05, 3.63) is 104 Å². The number of ether oxygens (including phenoxy) is 1. The van der Waals surface area contributed by atoms with Gasteiger partial charge in [0.15, 0.2) is 5.78 Å². The number of hydrogen-bond acceptors (Lipinski definition) is 5. The van der Waals surface area contributed by atoms with Crippen molar-refractivity contribution in [3.8, 4) is 11.5 Å². The second-order valence-electron chi connectivity index (χ2n) is 8.96. The van der Waals surface area contributed by atoms with E-state index in [1.165, 1.54) is 12.1 Å². The fourth-order valence-electron chi connectivity index (χ4n) is 5.29. The van der Waals surface area contributed by atoms with Crippen LogP contribution in [0.5, 0.6) is 11.5 Å². The second-order valence-corrected chi connectivity index (χ2v) is 9.39. The van der Waals surface area contributed by atoms with Crippen LogP contribution in [0.4, 0.5) is 0 Å². The number of rotatable bonds is 3. The Balaban J connectivity index is 1.54. The van der Waals surface area contributed by atoms with Crippen molar-refractivity contribution in [2.75, 3.05) is 0 Å². The molecule has 35 heavy (non-hydrogen) atoms. The van der Waals surface area contributed by atoms with Gasteiger partial charge in [-0.05, 0) is 66.3 Å². The zero-order valence-electron chi connectivity index (χ0n) is 18.6. The van der Waals surface area contributed by atoms with Crippen LogP contribution in [0, 0.1) is 0 Å². The molecule has 0 spiro atoms. The Morgan fingerprint density at radius 2 is 1.86 bits per heavy atom. The third-order valence-corrected chi connectivity index (χ3v) is 7.15. The highest BCUT2D eigenvalue weighted by atomic mass is 35.5. The molecule has 174 valence electrons. The Morgan fingerprint density at radius 3 is 2.66 bits per heavy atom. The van der Waals surface area contributed by atoms with Crippen molar-refractivity contribution in [2.45, 2.75) is 31.7 Å². The number of phenols is 1. The van der Waals surface area contributed by atoms with Gasteiger partial charge in [0.2, 0.25) is 0 Å². The Bertz CT molecular complexity index is 1600. The quantitative estimate of drug-likeness (QED) is 0.251. The number of carbonyl (C=O) groups is 2. The first-order valence-electron chi connectivity index (χ1n) is 11.4. The molecule has 6 rings (SSSR count). The van der Waals surface area contributed by atoms with Crippen LogP contribution in [-0.4, -0.2) is 21.4 Å². The molecule has 1 atom stereocenters. The molecular formula is C28H20ClNO5. The number of esters is 1. The van der Waals surface area contributed by atoms with Crippen LogP contribution >= 0.6 is 11.6 Å². The smallest absolute Gasteiger partial charge is 0.312 e. The first kappa shape index (κ1) is 21.6. The topological polar surface area (TPSA) is 85.6 Å². The maximum Gasteiger partial charge on any atom is 0.312 e. The van der Waals surface area contributed by atoms with Crippen molar-refractivity contribution < 1.29 is 19.4 Å². The van der Waals surface area contributed by atoms with Crippen molar-refractivity contribution in [3.63, 3.8) is 0 Å². The van der Waals surface area contributed by atoms with E-state index in [2.05, 4.69) is 0 Å². The molecule has 6 nitrogen and oxygen atoms in total. The molecule has 0 aliphatic carbocycles. The number of hydrogen-bond donors (Lipinski definition) is 1. The van der Waals surface area contributed by atoms with Crippen molar-refractivity contribution in [1.29, 1.82) is 0 Å². The van der Waals surface area contributed by atoms with Crippen LogP contribution in [0.25, 0.3) is 10.9 Å². The normalized spacial score (nSPS) is 16.6. The van der Waals surface area contributed by atoms with Gasteiger partial charge in [-0.15, -0.1) is 0 Å². The van der Waals surface area contributed by atoms with Crippen LogP contribution in [0.2, 0.25) is 5.02 Å². The molecule has 3 heterocycles. The summed E-state index contributed by atoms with van der Waals surface area (Å²) in [5.74, 6) is -1.76. The minimum Gasteiger partial charge on any atom is -0.507 e. The molecule has 0 saturated carbocycles. The van der Waals surface area contributed by atoms with Gasteiger partial charge in [0.1, 0.15) is 11.5 Å². The molecule has 0 saturated heterocycles. The van der Waals surface area contributed by atoms with Gasteiger partial charge < -0.3 is 14.4 Å². The van der Waals surface area contributed by atoms with Gasteiger partial charge in [-0.1, -0.05) is 29.8 Å². The lowest BCUT2D eigenvalue weighted by Gasteiger charge is -2.28. The van der Waals surface area contributed by atoms with Gasteiger partial charge in [0.25, 0.3) is 5.56 Å². The van der Waals surface area contributed by atoms with Gasteiger partial charge in [-0.2, -0.15) is 0 Å². The molecule has 1 N–H and O–H groups in total. The third kappa shape index (κ3) is 3.44. The van der Waals surface area contributed by atoms with E-state index in [4.69, 9.17) is 16.3 Å². The average molecular weight is 486 g/mol. The summed E-state index contributed by atoms with van der Waals surface area (Å²) in [6, 6.07) is 17.1. The predicted octanol–water partition coefficient (Wildman–Crippen LogP) is 4.98. The SMILES string of the molecule is O=C1C[C@@H](c2cc3cccc4c3n(c2=O)CCC4)c2c(ccc(C(=O)c3ccc(Cl)cc3)c2O)O1. The monoisotopic (exact) mass is 485 g/mol. The zero-order valence-corrected chi connectivity index (χ0v) is 19.3. The summed E-state index contributed by atoms with van der Waals surface area (Å²) in [5.41, 5.74) is 2.96. The van der Waals surface area contributed by atoms with E-state index in [0.29, 0.717) is 22.7 Å². The number of para-hydroxylation sites is 1. The maximum absolute atomic E-state index is 13.6. The highest BCUT2D eigenvalue weighted by Gasteiger charge is 2.35. The highest BCUT2D eigenvalue weighted by molar-refractivity contribution is 6.30. The second kappa shape index (κ2) is 8.10. The minimum atomic E-state index is -0.740. The lowest BCUT2D eigenvalue weighted by molar-refractivity contribution is -0.135. The third-order valence-electron chi connectivity index (χ3n) is 6.90. The number of ketones is 1. The Hall–Kier alpha value is -3.90. The number of halogens is 1. The molecule has 2 aliphatic heterocycles. The van der Waals surface area contributed by atoms with Crippen molar-refractivity contribution in [2.24, 2.45) is 0 Å². The first-order chi connectivity index (χ1) is 16.9. The zero-order chi connectivity index (χ0) is 24.3. The minimum absolute atomic E-state index is 0.0681. The van der Waals surface area contributed by atoms with Crippen LogP contribution in [0.15, 0.2) is 65.5 Å². The fourth-order valence-corrected chi connectivity index (χ4v) is 5.42. The summed E-state index contributed by atoms with van der Waals surface area (Å²) in [5, 5.41) is 12.7. The molecule has 3 aromatic carbocycles. The van der Waals surface area contributed by atoms with Crippen LogP contribution in [-0.2, 0) is 17.8 Å². The number of nitrogens with zero attached hydrogens (tertiary/aromatic N) is 1. The molecule has 0 radical (unpaired) electrons. The maximum atomic E-state index is 13.6. The van der Waals surface area contributed by atoms with Gasteiger partial charge in [0.05, 0.1) is 17.5 Å². The van der Waals surface area contributed by atoms with Gasteiger partial charge in [-0.3, -0.25) is 14.4 Å². The summed E-state index contributed by atoms with van der Waals surface area (Å²) >= 11 is 5.94. The molecule has 2 aliphatic rings. The predicted molar refractivity (Wildman–Crippen MR) is 132 cm³/mol. The van der Waals surface area contributed by atoms with E-state index in [-0.39, 0.29) is 34.6 Å². The molecule has 0 bridgehead atoms. The van der Waals surface area contributed by atoms with Crippen molar-refractivity contribution in [1.82, 2.24) is 4.57 Å². The number of fused-ring (bicyclic) bond motifs is 1. The van der Waals surface area contributed by atoms with Crippen molar-refractivity contribution >= 4 is 34.3 Å². The summed E-state index contributed by atoms with van der Waals surface area (Å²) < 4.78 is 7.17. The fraction of sp³-hybridized carbons (Fsp3) is 0.179. The van der Waals surface area contributed by atoms with Gasteiger partial charge in [0, 0.05) is 34.2 Å². The van der Waals surface area contributed by atoms with Gasteiger partial charge >= 0.3 is 5.97 Å². The van der Waals surface area contributed by atoms with E-state index < -0.39 is 17.7 Å². The Labute approximate surface area is 205 Å². The summed E-state index contributed by atoms with van der Waals surface area (Å²) in [6.45, 7) is 0.589. The number of aryl methyl sites for hydroxylation is 2. The van der Waals surface area contributed by atoms with E-state index in [1.54, 1.807) is 28.8 Å². The number of pyridine rings is 1. The molecule has 1 aromatic heterocycles. The van der Waals surface area contributed by atoms with Crippen LogP contribution in [0.3, 0.4) is 0 Å². The van der Waals surface area contributed by atoms with Crippen LogP contribution in [0.1, 0.15) is 51.4 Å². The summed E-state index contributed by atoms with van der Waals surface area (Å²) in [4.78, 5) is 39.3. The molecule has 0 fully saturated rings. The van der Waals surface area contributed by atoms with Gasteiger partial charge in [-0.25, -0.2) is 0 Å². The Morgan fingerprint density at radius 1 is 1.06 bits per heavy atom. The molecule has 0 amide bonds. The van der Waals surface area contributed by atoms with E-state index in [1.807, 2.05) is 24.3 Å². The molecular weight excluding hydrogens is 466 g/mol. The van der Waals surface area contributed by atoms with E-state index >= 15 is 0 Å². The number of aromatic nitrogens is 1. The largest absolute Gasteiger partial charge is 0.507 e. The lowest BCUT2D eigenvalue weighted by atomic mass is 9.83. The summed E-state index contributed by atoms with van der Waals surface area (Å²) in [6.07, 6.45) is 1.65. The van der Waals surface area contributed by atoms with E-state index in [9.17, 15) is 19.5 Å². The molecule has 7 heteroatoms. The standard InChI is InChI=1S/C28H20ClNO5/c29-18-8-6-16(7-9-18)26(32)19-10-11-22-24(27(19)33)20(14-23(31)35-22)21-13-17-4-1-3-15-5-2-12-30(25(15)17)28(21)34/h1,3-4,6-11,13,20,33H,2,5,12,14H2/t20-/m0/s1. The number of phenolic OH excluding ortho intramolecular Hbond substituents is 1. The highest BCUT2D eigenvalue weighted by Crippen LogP contribution is 2.45. The number of aromatic hydroxyl groups is 1. The molecule has 4 aromatic rings. The van der Waals surface area contributed by atoms with E-state index in [0.717, 1.165) is 29.3 Å². The average Bonchev–Trinajstić information content (AvgIpc) is 2.86.